The van der Waals surface area contributed by atoms with E-state index in [-0.39, 0.29) is 16.4 Å². The lowest BCUT2D eigenvalue weighted by atomic mass is 10.2. The van der Waals surface area contributed by atoms with E-state index in [0.717, 1.165) is 22.8 Å². The van der Waals surface area contributed by atoms with Gasteiger partial charge in [-0.1, -0.05) is 18.5 Å². The molecule has 0 fully saturated rings. The van der Waals surface area contributed by atoms with E-state index in [9.17, 15) is 4.39 Å². The number of benzene rings is 1. The van der Waals surface area contributed by atoms with Gasteiger partial charge in [-0.3, -0.25) is 0 Å². The molecule has 0 aliphatic heterocycles. The van der Waals surface area contributed by atoms with Crippen LogP contribution in [0.5, 0.6) is 0 Å². The Hall–Kier alpha value is -0.450. The van der Waals surface area contributed by atoms with Crippen LogP contribution in [0, 0.1) is 5.82 Å². The average molecular weight is 335 g/mol. The Morgan fingerprint density at radius 2 is 2.10 bits per heavy atom. The van der Waals surface area contributed by atoms with E-state index >= 15 is 0 Å². The molecule has 0 spiro atoms. The maximum atomic E-state index is 13.6. The van der Waals surface area contributed by atoms with Crippen LogP contribution in [0.1, 0.15) is 38.0 Å². The van der Waals surface area contributed by atoms with Gasteiger partial charge in [0.25, 0.3) is 0 Å². The Bertz CT molecular complexity index is 613. The maximum absolute atomic E-state index is 13.6. The van der Waals surface area contributed by atoms with Crippen LogP contribution in [-0.2, 0) is 0 Å². The first-order chi connectivity index (χ1) is 9.45. The number of halogens is 3. The SMILES string of the molecule is CCSCC(C)n1c(C(C)Cl)nc2cc(F)c(Cl)cc21. The molecule has 1 aromatic heterocycles. The molecular formula is C14H17Cl2FN2S. The fourth-order valence-corrected chi connectivity index (χ4v) is 3.25. The zero-order valence-electron chi connectivity index (χ0n) is 11.7. The predicted molar refractivity (Wildman–Crippen MR) is 86.7 cm³/mol. The molecule has 2 aromatic rings. The van der Waals surface area contributed by atoms with E-state index in [1.54, 1.807) is 6.07 Å². The van der Waals surface area contributed by atoms with Crippen molar-refractivity contribution in [3.8, 4) is 0 Å². The molecule has 0 aliphatic rings. The molecule has 1 heterocycles. The normalized spacial score (nSPS) is 14.7. The Kier molecular flexibility index (Phi) is 5.21. The molecule has 0 aliphatic carbocycles. The monoisotopic (exact) mass is 334 g/mol. The van der Waals surface area contributed by atoms with Crippen LogP contribution >= 0.6 is 35.0 Å². The summed E-state index contributed by atoms with van der Waals surface area (Å²) in [6.07, 6.45) is 0. The van der Waals surface area contributed by atoms with Crippen molar-refractivity contribution in [2.45, 2.75) is 32.2 Å². The highest BCUT2D eigenvalue weighted by molar-refractivity contribution is 7.99. The van der Waals surface area contributed by atoms with Crippen molar-refractivity contribution in [3.05, 3.63) is 28.8 Å². The highest BCUT2D eigenvalue weighted by atomic mass is 35.5. The maximum Gasteiger partial charge on any atom is 0.144 e. The fraction of sp³-hybridized carbons (Fsp3) is 0.500. The quantitative estimate of drug-likeness (QED) is 0.677. The third kappa shape index (κ3) is 3.07. The second-order valence-corrected chi connectivity index (χ2v) is 7.10. The molecule has 2 unspecified atom stereocenters. The number of hydrogen-bond donors (Lipinski definition) is 0. The number of rotatable bonds is 5. The summed E-state index contributed by atoms with van der Waals surface area (Å²) in [6, 6.07) is 3.23. The molecule has 20 heavy (non-hydrogen) atoms. The van der Waals surface area contributed by atoms with Gasteiger partial charge in [0, 0.05) is 17.9 Å². The van der Waals surface area contributed by atoms with Gasteiger partial charge >= 0.3 is 0 Å². The van der Waals surface area contributed by atoms with Crippen LogP contribution in [0.2, 0.25) is 5.02 Å². The smallest absolute Gasteiger partial charge is 0.144 e. The molecule has 0 radical (unpaired) electrons. The van der Waals surface area contributed by atoms with Crippen LogP contribution in [0.25, 0.3) is 11.0 Å². The van der Waals surface area contributed by atoms with E-state index in [2.05, 4.69) is 23.4 Å². The summed E-state index contributed by atoms with van der Waals surface area (Å²) in [6.45, 7) is 6.11. The van der Waals surface area contributed by atoms with Crippen LogP contribution < -0.4 is 0 Å². The minimum Gasteiger partial charge on any atom is -0.323 e. The van der Waals surface area contributed by atoms with Gasteiger partial charge in [-0.25, -0.2) is 9.37 Å². The first-order valence-corrected chi connectivity index (χ1v) is 8.51. The molecule has 0 N–H and O–H groups in total. The number of hydrogen-bond acceptors (Lipinski definition) is 2. The van der Waals surface area contributed by atoms with Gasteiger partial charge in [0.15, 0.2) is 0 Å². The lowest BCUT2D eigenvalue weighted by Crippen LogP contribution is -2.12. The van der Waals surface area contributed by atoms with Gasteiger partial charge in [0.05, 0.1) is 21.4 Å². The molecular weight excluding hydrogens is 318 g/mol. The summed E-state index contributed by atoms with van der Waals surface area (Å²) in [5.41, 5.74) is 1.44. The summed E-state index contributed by atoms with van der Waals surface area (Å²) in [7, 11) is 0. The zero-order valence-corrected chi connectivity index (χ0v) is 14.0. The number of thioether (sulfide) groups is 1. The van der Waals surface area contributed by atoms with Crippen molar-refractivity contribution >= 4 is 46.0 Å². The van der Waals surface area contributed by atoms with Gasteiger partial charge in [0.2, 0.25) is 0 Å². The number of fused-ring (bicyclic) bond motifs is 1. The zero-order chi connectivity index (χ0) is 14.9. The molecule has 0 bridgehead atoms. The molecule has 0 saturated carbocycles. The minimum absolute atomic E-state index is 0.114. The van der Waals surface area contributed by atoms with Crippen LogP contribution in [-0.4, -0.2) is 21.1 Å². The van der Waals surface area contributed by atoms with Crippen molar-refractivity contribution in [2.24, 2.45) is 0 Å². The molecule has 6 heteroatoms. The third-order valence-corrected chi connectivity index (χ3v) is 4.73. The first-order valence-electron chi connectivity index (χ1n) is 6.54. The van der Waals surface area contributed by atoms with Gasteiger partial charge < -0.3 is 4.57 Å². The van der Waals surface area contributed by atoms with E-state index in [4.69, 9.17) is 23.2 Å². The largest absolute Gasteiger partial charge is 0.323 e. The predicted octanol–water partition coefficient (Wildman–Crippen LogP) is 5.44. The molecule has 2 nitrogen and oxygen atoms in total. The van der Waals surface area contributed by atoms with Crippen molar-refractivity contribution < 1.29 is 4.39 Å². The Morgan fingerprint density at radius 1 is 1.40 bits per heavy atom. The van der Waals surface area contributed by atoms with Gasteiger partial charge in [-0.2, -0.15) is 11.8 Å². The van der Waals surface area contributed by atoms with Gasteiger partial charge in [-0.05, 0) is 25.7 Å². The number of nitrogens with zero attached hydrogens (tertiary/aromatic N) is 2. The van der Waals surface area contributed by atoms with E-state index in [1.165, 1.54) is 6.07 Å². The number of imidazole rings is 1. The second-order valence-electron chi connectivity index (χ2n) is 4.72. The first kappa shape index (κ1) is 15.9. The highest BCUT2D eigenvalue weighted by Gasteiger charge is 2.20. The molecule has 2 rings (SSSR count). The Balaban J connectivity index is 2.58. The topological polar surface area (TPSA) is 17.8 Å². The molecule has 0 amide bonds. The standard InChI is InChI=1S/C14H17Cl2FN2S/c1-4-20-7-8(2)19-13-5-10(16)11(17)6-12(13)18-14(19)9(3)15/h5-6,8-9H,4,7H2,1-3H3. The minimum atomic E-state index is -0.451. The summed E-state index contributed by atoms with van der Waals surface area (Å²) in [4.78, 5) is 4.47. The summed E-state index contributed by atoms with van der Waals surface area (Å²) in [5.74, 6) is 2.31. The molecule has 1 aromatic carbocycles. The highest BCUT2D eigenvalue weighted by Crippen LogP contribution is 2.31. The van der Waals surface area contributed by atoms with Gasteiger partial charge in [-0.15, -0.1) is 11.6 Å². The Labute approximate surface area is 132 Å². The number of aromatic nitrogens is 2. The van der Waals surface area contributed by atoms with Crippen molar-refractivity contribution in [1.82, 2.24) is 9.55 Å². The second kappa shape index (κ2) is 6.54. The lowest BCUT2D eigenvalue weighted by molar-refractivity contribution is 0.592. The summed E-state index contributed by atoms with van der Waals surface area (Å²) < 4.78 is 15.6. The molecule has 110 valence electrons. The summed E-state index contributed by atoms with van der Waals surface area (Å²) >= 11 is 14.0. The van der Waals surface area contributed by atoms with Crippen molar-refractivity contribution in [3.63, 3.8) is 0 Å². The van der Waals surface area contributed by atoms with Crippen LogP contribution in [0.15, 0.2) is 12.1 Å². The molecule has 2 atom stereocenters. The third-order valence-electron chi connectivity index (χ3n) is 3.12. The van der Waals surface area contributed by atoms with Crippen molar-refractivity contribution in [1.29, 1.82) is 0 Å². The number of alkyl halides is 1. The van der Waals surface area contributed by atoms with E-state index in [1.807, 2.05) is 18.7 Å². The van der Waals surface area contributed by atoms with Crippen LogP contribution in [0.4, 0.5) is 4.39 Å². The van der Waals surface area contributed by atoms with E-state index < -0.39 is 5.82 Å². The van der Waals surface area contributed by atoms with Crippen molar-refractivity contribution in [2.75, 3.05) is 11.5 Å². The Morgan fingerprint density at radius 3 is 2.70 bits per heavy atom. The van der Waals surface area contributed by atoms with Gasteiger partial charge in [0.1, 0.15) is 11.6 Å². The lowest BCUT2D eigenvalue weighted by Gasteiger charge is -2.18. The summed E-state index contributed by atoms with van der Waals surface area (Å²) in [5, 5.41) is -0.124. The molecule has 0 saturated heterocycles. The van der Waals surface area contributed by atoms with E-state index in [0.29, 0.717) is 5.52 Å². The van der Waals surface area contributed by atoms with Crippen LogP contribution in [0.3, 0.4) is 0 Å². The average Bonchev–Trinajstić information content (AvgIpc) is 2.75. The fourth-order valence-electron chi connectivity index (χ4n) is 2.22.